The van der Waals surface area contributed by atoms with Gasteiger partial charge in [0.15, 0.2) is 23.9 Å². The average Bonchev–Trinajstić information content (AvgIpc) is 2.64. The lowest BCUT2D eigenvalue weighted by Gasteiger charge is -2.10. The summed E-state index contributed by atoms with van der Waals surface area (Å²) in [6.07, 6.45) is 3.10. The van der Waals surface area contributed by atoms with Crippen LogP contribution in [0.2, 0.25) is 0 Å². The Kier molecular flexibility index (Phi) is 6.17. The Balaban J connectivity index is 2.18. The normalized spacial score (nSPS) is 10.5. The van der Waals surface area contributed by atoms with Gasteiger partial charge in [-0.05, 0) is 36.4 Å². The van der Waals surface area contributed by atoms with Crippen molar-refractivity contribution in [1.82, 2.24) is 0 Å². The molecule has 0 unspecified atom stereocenters. The maximum absolute atomic E-state index is 12.3. The Morgan fingerprint density at radius 2 is 1.72 bits per heavy atom. The summed E-state index contributed by atoms with van der Waals surface area (Å²) in [6, 6.07) is 11.9. The number of carboxylic acids is 1. The second-order valence-corrected chi connectivity index (χ2v) is 4.99. The summed E-state index contributed by atoms with van der Waals surface area (Å²) in [6.45, 7) is -0.489. The van der Waals surface area contributed by atoms with Gasteiger partial charge in [-0.15, -0.1) is 0 Å². The Morgan fingerprint density at radius 3 is 2.40 bits per heavy atom. The van der Waals surface area contributed by atoms with E-state index in [2.05, 4.69) is 0 Å². The van der Waals surface area contributed by atoms with E-state index in [4.69, 9.17) is 19.3 Å². The fraction of sp³-hybridized carbons (Fsp3) is 0.158. The second kappa shape index (κ2) is 8.54. The second-order valence-electron chi connectivity index (χ2n) is 4.99. The number of carbonyl (C=O) groups excluding carboxylic acids is 1. The summed E-state index contributed by atoms with van der Waals surface area (Å²) >= 11 is 0. The van der Waals surface area contributed by atoms with Crippen molar-refractivity contribution < 1.29 is 28.9 Å². The number of benzene rings is 2. The van der Waals surface area contributed by atoms with Crippen LogP contribution in [0.25, 0.3) is 6.08 Å². The van der Waals surface area contributed by atoms with Crippen molar-refractivity contribution in [2.24, 2.45) is 0 Å². The minimum atomic E-state index is -1.10. The summed E-state index contributed by atoms with van der Waals surface area (Å²) in [4.78, 5) is 22.9. The molecule has 0 aliphatic heterocycles. The molecule has 0 aliphatic carbocycles. The molecule has 6 nitrogen and oxygen atoms in total. The molecule has 0 saturated heterocycles. The van der Waals surface area contributed by atoms with Crippen LogP contribution >= 0.6 is 0 Å². The van der Waals surface area contributed by atoms with Gasteiger partial charge in [0, 0.05) is 11.1 Å². The monoisotopic (exact) mass is 342 g/mol. The zero-order valence-electron chi connectivity index (χ0n) is 13.9. The van der Waals surface area contributed by atoms with Crippen LogP contribution in [0.4, 0.5) is 0 Å². The van der Waals surface area contributed by atoms with Gasteiger partial charge < -0.3 is 19.3 Å². The molecule has 0 atom stereocenters. The van der Waals surface area contributed by atoms with Gasteiger partial charge in [0.1, 0.15) is 5.75 Å². The third-order valence-electron chi connectivity index (χ3n) is 3.35. The van der Waals surface area contributed by atoms with Crippen molar-refractivity contribution >= 4 is 17.8 Å². The number of ketones is 1. The average molecular weight is 342 g/mol. The van der Waals surface area contributed by atoms with E-state index >= 15 is 0 Å². The Bertz CT molecular complexity index is 794. The van der Waals surface area contributed by atoms with Gasteiger partial charge in [-0.25, -0.2) is 4.79 Å². The number of carbonyl (C=O) groups is 2. The topological polar surface area (TPSA) is 82.1 Å². The maximum atomic E-state index is 12.3. The highest BCUT2D eigenvalue weighted by atomic mass is 16.5. The molecule has 2 aromatic rings. The van der Waals surface area contributed by atoms with Crippen LogP contribution in [0.5, 0.6) is 17.2 Å². The van der Waals surface area contributed by atoms with Crippen LogP contribution in [0.3, 0.4) is 0 Å². The SMILES string of the molecule is COc1ccccc1/C=C/C(=O)c1ccc(OCC(=O)O)c(OC)c1. The largest absolute Gasteiger partial charge is 0.496 e. The number of carboxylic acid groups (broad SMARTS) is 1. The zero-order chi connectivity index (χ0) is 18.2. The lowest BCUT2D eigenvalue weighted by atomic mass is 10.1. The first-order valence-corrected chi connectivity index (χ1v) is 7.43. The van der Waals surface area contributed by atoms with E-state index in [1.165, 1.54) is 25.3 Å². The van der Waals surface area contributed by atoms with Gasteiger partial charge in [-0.3, -0.25) is 4.79 Å². The van der Waals surface area contributed by atoms with Gasteiger partial charge >= 0.3 is 5.97 Å². The molecule has 0 fully saturated rings. The molecule has 0 aromatic heterocycles. The molecule has 6 heteroatoms. The van der Waals surface area contributed by atoms with Crippen molar-refractivity contribution in [2.45, 2.75) is 0 Å². The molecule has 25 heavy (non-hydrogen) atoms. The molecule has 130 valence electrons. The van der Waals surface area contributed by atoms with Crippen molar-refractivity contribution in [3.8, 4) is 17.2 Å². The van der Waals surface area contributed by atoms with E-state index in [0.29, 0.717) is 11.3 Å². The van der Waals surface area contributed by atoms with Crippen molar-refractivity contribution in [2.75, 3.05) is 20.8 Å². The molecule has 0 amide bonds. The summed E-state index contributed by atoms with van der Waals surface area (Å²) < 4.78 is 15.5. The predicted molar refractivity (Wildman–Crippen MR) is 92.5 cm³/mol. The number of methoxy groups -OCH3 is 2. The quantitative estimate of drug-likeness (QED) is 0.586. The number of ether oxygens (including phenoxy) is 3. The van der Waals surface area contributed by atoms with E-state index < -0.39 is 12.6 Å². The zero-order valence-corrected chi connectivity index (χ0v) is 13.9. The minimum Gasteiger partial charge on any atom is -0.496 e. The predicted octanol–water partition coefficient (Wildman–Crippen LogP) is 3.06. The van der Waals surface area contributed by atoms with Gasteiger partial charge in [0.05, 0.1) is 14.2 Å². The molecule has 2 aromatic carbocycles. The standard InChI is InChI=1S/C19H18O6/c1-23-16-6-4-3-5-13(16)7-9-15(20)14-8-10-17(18(11-14)24-2)25-12-19(21)22/h3-11H,12H2,1-2H3,(H,21,22)/b9-7+. The molecule has 1 N–H and O–H groups in total. The number of hydrogen-bond acceptors (Lipinski definition) is 5. The van der Waals surface area contributed by atoms with Crippen molar-refractivity contribution in [3.05, 3.63) is 59.7 Å². The number of rotatable bonds is 8. The first kappa shape index (κ1) is 18.1. The third kappa shape index (κ3) is 4.84. The third-order valence-corrected chi connectivity index (χ3v) is 3.35. The lowest BCUT2D eigenvalue weighted by Crippen LogP contribution is -2.10. The smallest absolute Gasteiger partial charge is 0.341 e. The molecule has 0 saturated carbocycles. The molecular weight excluding hydrogens is 324 g/mol. The molecular formula is C19H18O6. The van der Waals surface area contributed by atoms with E-state index in [9.17, 15) is 9.59 Å². The molecule has 2 rings (SSSR count). The molecule has 0 radical (unpaired) electrons. The van der Waals surface area contributed by atoms with Crippen LogP contribution in [0, 0.1) is 0 Å². The fourth-order valence-electron chi connectivity index (χ4n) is 2.15. The van der Waals surface area contributed by atoms with E-state index in [1.54, 1.807) is 19.3 Å². The van der Waals surface area contributed by atoms with Crippen LogP contribution < -0.4 is 14.2 Å². The van der Waals surface area contributed by atoms with Gasteiger partial charge in [0.2, 0.25) is 0 Å². The fourth-order valence-corrected chi connectivity index (χ4v) is 2.15. The summed E-state index contributed by atoms with van der Waals surface area (Å²) in [5.74, 6) is -0.106. The highest BCUT2D eigenvalue weighted by Crippen LogP contribution is 2.28. The Hall–Kier alpha value is -3.28. The molecule has 0 aliphatic rings. The van der Waals surface area contributed by atoms with E-state index in [0.717, 1.165) is 5.56 Å². The number of para-hydroxylation sites is 1. The molecule has 0 heterocycles. The lowest BCUT2D eigenvalue weighted by molar-refractivity contribution is -0.139. The Labute approximate surface area is 145 Å². The maximum Gasteiger partial charge on any atom is 0.341 e. The molecule has 0 spiro atoms. The van der Waals surface area contributed by atoms with E-state index in [1.807, 2.05) is 24.3 Å². The first-order chi connectivity index (χ1) is 12.0. The van der Waals surface area contributed by atoms with Gasteiger partial charge in [-0.2, -0.15) is 0 Å². The van der Waals surface area contributed by atoms with Gasteiger partial charge in [-0.1, -0.05) is 18.2 Å². The van der Waals surface area contributed by atoms with E-state index in [-0.39, 0.29) is 17.3 Å². The molecule has 0 bridgehead atoms. The highest BCUT2D eigenvalue weighted by molar-refractivity contribution is 6.07. The van der Waals surface area contributed by atoms with Crippen LogP contribution in [-0.4, -0.2) is 37.7 Å². The van der Waals surface area contributed by atoms with Crippen molar-refractivity contribution in [3.63, 3.8) is 0 Å². The van der Waals surface area contributed by atoms with Crippen LogP contribution in [0.15, 0.2) is 48.5 Å². The highest BCUT2D eigenvalue weighted by Gasteiger charge is 2.11. The van der Waals surface area contributed by atoms with Crippen molar-refractivity contribution in [1.29, 1.82) is 0 Å². The minimum absolute atomic E-state index is 0.228. The summed E-state index contributed by atoms with van der Waals surface area (Å²) in [5, 5.41) is 8.66. The van der Waals surface area contributed by atoms with Crippen LogP contribution in [-0.2, 0) is 4.79 Å². The first-order valence-electron chi connectivity index (χ1n) is 7.43. The number of allylic oxidation sites excluding steroid dienone is 1. The summed E-state index contributed by atoms with van der Waals surface area (Å²) in [7, 11) is 2.98. The number of hydrogen-bond donors (Lipinski definition) is 1. The van der Waals surface area contributed by atoms with Gasteiger partial charge in [0.25, 0.3) is 0 Å². The summed E-state index contributed by atoms with van der Waals surface area (Å²) in [5.41, 5.74) is 1.18. The van der Waals surface area contributed by atoms with Crippen LogP contribution in [0.1, 0.15) is 15.9 Å². The number of aliphatic carboxylic acids is 1. The Morgan fingerprint density at radius 1 is 1.00 bits per heavy atom.